The highest BCUT2D eigenvalue weighted by molar-refractivity contribution is 8.18. The van der Waals surface area contributed by atoms with Crippen LogP contribution in [0, 0.1) is 6.92 Å². The molecule has 0 atom stereocenters. The van der Waals surface area contributed by atoms with Gasteiger partial charge in [0.05, 0.1) is 4.91 Å². The molecule has 0 saturated carbocycles. The van der Waals surface area contributed by atoms with Crippen molar-refractivity contribution in [1.29, 1.82) is 0 Å². The van der Waals surface area contributed by atoms with Gasteiger partial charge in [0.15, 0.2) is 0 Å². The Labute approximate surface area is 173 Å². The normalized spacial score (nSPS) is 14.9. The fourth-order valence-corrected chi connectivity index (χ4v) is 3.42. The molecule has 0 spiro atoms. The minimum absolute atomic E-state index is 0.276. The minimum atomic E-state index is -0.481. The summed E-state index contributed by atoms with van der Waals surface area (Å²) in [7, 11) is 0. The van der Waals surface area contributed by atoms with Crippen LogP contribution in [0.1, 0.15) is 11.1 Å². The number of aryl methyl sites for hydroxylation is 1. The molecule has 1 heterocycles. The van der Waals surface area contributed by atoms with Gasteiger partial charge in [-0.05, 0) is 54.6 Å². The topological polar surface area (TPSA) is 75.7 Å². The molecule has 1 fully saturated rings. The molecule has 148 valence electrons. The van der Waals surface area contributed by atoms with Crippen molar-refractivity contribution in [3.8, 4) is 5.75 Å². The van der Waals surface area contributed by atoms with E-state index in [0.717, 1.165) is 27.8 Å². The molecular weight excluding hydrogens is 388 g/mol. The van der Waals surface area contributed by atoms with Crippen molar-refractivity contribution >= 4 is 40.6 Å². The van der Waals surface area contributed by atoms with Gasteiger partial charge in [0.1, 0.15) is 18.9 Å². The fourth-order valence-electron chi connectivity index (χ4n) is 2.58. The maximum Gasteiger partial charge on any atom is 0.294 e. The first kappa shape index (κ1) is 20.4. The van der Waals surface area contributed by atoms with E-state index >= 15 is 0 Å². The second-order valence-corrected chi connectivity index (χ2v) is 7.34. The number of nitrogens with one attached hydrogen (secondary N) is 1. The van der Waals surface area contributed by atoms with Gasteiger partial charge >= 0.3 is 0 Å². The van der Waals surface area contributed by atoms with Crippen molar-refractivity contribution in [2.75, 3.05) is 18.5 Å². The molecule has 2 aromatic rings. The lowest BCUT2D eigenvalue weighted by Crippen LogP contribution is -2.36. The standard InChI is InChI=1S/C22H20N2O4S/c1-3-12-28-18-10-6-16(7-11-18)13-19-21(26)24(22(27)29-19)14-20(25)23-17-8-4-15(2)5-9-17/h3-11,13H,1,12,14H2,2H3,(H,23,25)/b19-13+. The minimum Gasteiger partial charge on any atom is -0.490 e. The molecule has 0 bridgehead atoms. The predicted molar refractivity (Wildman–Crippen MR) is 115 cm³/mol. The van der Waals surface area contributed by atoms with Crippen LogP contribution in [-0.2, 0) is 9.59 Å². The molecule has 3 amide bonds. The van der Waals surface area contributed by atoms with Crippen LogP contribution in [0.4, 0.5) is 10.5 Å². The third-order valence-electron chi connectivity index (χ3n) is 4.06. The Balaban J connectivity index is 1.64. The Hall–Kier alpha value is -3.32. The van der Waals surface area contributed by atoms with Gasteiger partial charge in [0.25, 0.3) is 11.1 Å². The highest BCUT2D eigenvalue weighted by Crippen LogP contribution is 2.32. The van der Waals surface area contributed by atoms with E-state index in [-0.39, 0.29) is 11.4 Å². The van der Waals surface area contributed by atoms with Gasteiger partial charge in [-0.3, -0.25) is 19.3 Å². The van der Waals surface area contributed by atoms with E-state index in [0.29, 0.717) is 18.0 Å². The highest BCUT2D eigenvalue weighted by atomic mass is 32.2. The molecule has 7 heteroatoms. The Morgan fingerprint density at radius 3 is 2.48 bits per heavy atom. The molecule has 0 unspecified atom stereocenters. The molecule has 0 aromatic heterocycles. The van der Waals surface area contributed by atoms with Crippen molar-refractivity contribution < 1.29 is 19.1 Å². The molecule has 0 aliphatic carbocycles. The van der Waals surface area contributed by atoms with Crippen LogP contribution in [0.15, 0.2) is 66.1 Å². The molecule has 1 aliphatic rings. The Morgan fingerprint density at radius 2 is 1.83 bits per heavy atom. The number of ether oxygens (including phenoxy) is 1. The van der Waals surface area contributed by atoms with Crippen LogP contribution in [-0.4, -0.2) is 35.1 Å². The van der Waals surface area contributed by atoms with Crippen LogP contribution >= 0.6 is 11.8 Å². The average molecular weight is 408 g/mol. The average Bonchev–Trinajstić information content (AvgIpc) is 2.96. The predicted octanol–water partition coefficient (Wildman–Crippen LogP) is 4.23. The first-order valence-corrected chi connectivity index (χ1v) is 9.73. The van der Waals surface area contributed by atoms with E-state index in [1.165, 1.54) is 0 Å². The number of carbonyl (C=O) groups excluding carboxylic acids is 3. The Morgan fingerprint density at radius 1 is 1.14 bits per heavy atom. The summed E-state index contributed by atoms with van der Waals surface area (Å²) in [5, 5.41) is 2.22. The van der Waals surface area contributed by atoms with Crippen LogP contribution in [0.2, 0.25) is 0 Å². The zero-order chi connectivity index (χ0) is 20.8. The zero-order valence-electron chi connectivity index (χ0n) is 15.9. The molecule has 0 radical (unpaired) electrons. The van der Waals surface area contributed by atoms with Crippen LogP contribution in [0.3, 0.4) is 0 Å². The molecule has 3 rings (SSSR count). The third kappa shape index (κ3) is 5.36. The summed E-state index contributed by atoms with van der Waals surface area (Å²) in [6, 6.07) is 14.4. The fraction of sp³-hybridized carbons (Fsp3) is 0.136. The first-order chi connectivity index (χ1) is 14.0. The van der Waals surface area contributed by atoms with E-state index in [9.17, 15) is 14.4 Å². The molecule has 29 heavy (non-hydrogen) atoms. The summed E-state index contributed by atoms with van der Waals surface area (Å²) in [5.41, 5.74) is 2.44. The van der Waals surface area contributed by atoms with Crippen molar-refractivity contribution in [1.82, 2.24) is 4.90 Å². The number of amides is 3. The van der Waals surface area contributed by atoms with Gasteiger partial charge in [0, 0.05) is 5.69 Å². The van der Waals surface area contributed by atoms with Gasteiger partial charge in [-0.2, -0.15) is 0 Å². The largest absolute Gasteiger partial charge is 0.490 e. The van der Waals surface area contributed by atoms with Gasteiger partial charge in [-0.25, -0.2) is 0 Å². The monoisotopic (exact) mass is 408 g/mol. The summed E-state index contributed by atoms with van der Waals surface area (Å²) >= 11 is 0.819. The van der Waals surface area contributed by atoms with E-state index in [1.54, 1.807) is 48.6 Å². The van der Waals surface area contributed by atoms with Gasteiger partial charge < -0.3 is 10.1 Å². The van der Waals surface area contributed by atoms with Crippen molar-refractivity contribution in [2.24, 2.45) is 0 Å². The van der Waals surface area contributed by atoms with Gasteiger partial charge in [-0.1, -0.05) is 42.5 Å². The number of hydrogen-bond acceptors (Lipinski definition) is 5. The summed E-state index contributed by atoms with van der Waals surface area (Å²) in [5.74, 6) is -0.227. The lowest BCUT2D eigenvalue weighted by atomic mass is 10.2. The molecule has 2 aromatic carbocycles. The second-order valence-electron chi connectivity index (χ2n) is 6.35. The quantitative estimate of drug-likeness (QED) is 0.548. The third-order valence-corrected chi connectivity index (χ3v) is 4.96. The summed E-state index contributed by atoms with van der Waals surface area (Å²) < 4.78 is 5.42. The number of benzene rings is 2. The molecule has 1 aliphatic heterocycles. The molecule has 1 N–H and O–H groups in total. The van der Waals surface area contributed by atoms with Crippen molar-refractivity contribution in [3.63, 3.8) is 0 Å². The maximum absolute atomic E-state index is 12.6. The summed E-state index contributed by atoms with van der Waals surface area (Å²) in [6.45, 7) is 5.61. The van der Waals surface area contributed by atoms with Crippen molar-refractivity contribution in [2.45, 2.75) is 6.92 Å². The smallest absolute Gasteiger partial charge is 0.294 e. The van der Waals surface area contributed by atoms with E-state index in [1.807, 2.05) is 19.1 Å². The lowest BCUT2D eigenvalue weighted by Gasteiger charge is -2.12. The molecular formula is C22H20N2O4S. The Bertz CT molecular complexity index is 965. The zero-order valence-corrected chi connectivity index (χ0v) is 16.7. The van der Waals surface area contributed by atoms with Crippen LogP contribution in [0.5, 0.6) is 5.75 Å². The van der Waals surface area contributed by atoms with Gasteiger partial charge in [0.2, 0.25) is 5.91 Å². The number of hydrogen-bond donors (Lipinski definition) is 1. The van der Waals surface area contributed by atoms with E-state index < -0.39 is 17.1 Å². The van der Waals surface area contributed by atoms with Crippen molar-refractivity contribution in [3.05, 3.63) is 77.2 Å². The highest BCUT2D eigenvalue weighted by Gasteiger charge is 2.36. The van der Waals surface area contributed by atoms with E-state index in [2.05, 4.69) is 11.9 Å². The number of carbonyl (C=O) groups is 3. The summed E-state index contributed by atoms with van der Waals surface area (Å²) in [4.78, 5) is 38.2. The molecule has 6 nitrogen and oxygen atoms in total. The Kier molecular flexibility index (Phi) is 6.51. The first-order valence-electron chi connectivity index (χ1n) is 8.92. The number of imide groups is 1. The number of thioether (sulfide) groups is 1. The molecule has 1 saturated heterocycles. The lowest BCUT2D eigenvalue weighted by molar-refractivity contribution is -0.127. The summed E-state index contributed by atoms with van der Waals surface area (Å²) in [6.07, 6.45) is 3.28. The second kappa shape index (κ2) is 9.25. The maximum atomic E-state index is 12.6. The number of anilines is 1. The van der Waals surface area contributed by atoms with E-state index in [4.69, 9.17) is 4.74 Å². The number of rotatable bonds is 7. The van der Waals surface area contributed by atoms with Crippen LogP contribution < -0.4 is 10.1 Å². The van der Waals surface area contributed by atoms with Gasteiger partial charge in [-0.15, -0.1) is 0 Å². The van der Waals surface area contributed by atoms with Crippen LogP contribution in [0.25, 0.3) is 6.08 Å². The SMILES string of the molecule is C=CCOc1ccc(/C=C2/SC(=O)N(CC(=O)Nc3ccc(C)cc3)C2=O)cc1. The number of nitrogens with zero attached hydrogens (tertiary/aromatic N) is 1.